The number of halogens is 1. The van der Waals surface area contributed by atoms with Crippen LogP contribution in [0, 0.1) is 5.82 Å². The predicted octanol–water partition coefficient (Wildman–Crippen LogP) is 2.99. The second-order valence-electron chi connectivity index (χ2n) is 4.31. The van der Waals surface area contributed by atoms with Crippen LogP contribution in [0.1, 0.15) is 5.56 Å². The third-order valence-corrected chi connectivity index (χ3v) is 3.33. The van der Waals surface area contributed by atoms with Crippen molar-refractivity contribution in [3.05, 3.63) is 53.8 Å². The summed E-state index contributed by atoms with van der Waals surface area (Å²) in [6, 6.07) is 10.6. The average molecular weight is 315 g/mol. The highest BCUT2D eigenvalue weighted by Crippen LogP contribution is 2.20. The normalized spacial score (nSPS) is 11.0. The molecule has 0 aliphatic carbocycles. The second kappa shape index (κ2) is 6.27. The number of benzene rings is 2. The van der Waals surface area contributed by atoms with Crippen LogP contribution in [-0.2, 0) is 0 Å². The fourth-order valence-corrected chi connectivity index (χ4v) is 2.32. The Hall–Kier alpha value is -2.87. The number of aromatic nitrogens is 2. The Balaban J connectivity index is 1.63. The van der Waals surface area contributed by atoms with Crippen LogP contribution in [0.15, 0.2) is 47.6 Å². The van der Waals surface area contributed by atoms with Crippen LogP contribution in [0.25, 0.3) is 11.0 Å². The molecule has 0 atom stereocenters. The number of urea groups is 1. The molecule has 8 heteroatoms. The van der Waals surface area contributed by atoms with E-state index in [1.807, 2.05) is 6.07 Å². The Labute approximate surface area is 129 Å². The standard InChI is InChI=1S/C14H10FN5OS/c15-10-6-4-9(5-7-10)8-16-18-14(21)17-11-2-1-3-12-13(11)20-22-19-12/h1-8H,(H2,17,18,21). The van der Waals surface area contributed by atoms with Crippen molar-refractivity contribution in [2.24, 2.45) is 5.10 Å². The van der Waals surface area contributed by atoms with Gasteiger partial charge in [0.25, 0.3) is 0 Å². The molecule has 0 radical (unpaired) electrons. The molecule has 3 rings (SSSR count). The third kappa shape index (κ3) is 3.23. The maximum Gasteiger partial charge on any atom is 0.339 e. The molecule has 0 saturated heterocycles. The van der Waals surface area contributed by atoms with Gasteiger partial charge >= 0.3 is 6.03 Å². The van der Waals surface area contributed by atoms with Crippen molar-refractivity contribution in [1.29, 1.82) is 0 Å². The molecule has 0 bridgehead atoms. The Bertz CT molecular complexity index is 831. The third-order valence-electron chi connectivity index (χ3n) is 2.78. The molecule has 2 N–H and O–H groups in total. The fourth-order valence-electron chi connectivity index (χ4n) is 1.77. The Morgan fingerprint density at radius 3 is 2.82 bits per heavy atom. The Morgan fingerprint density at radius 2 is 2.00 bits per heavy atom. The van der Waals surface area contributed by atoms with Crippen molar-refractivity contribution < 1.29 is 9.18 Å². The maximum atomic E-state index is 12.7. The van der Waals surface area contributed by atoms with Gasteiger partial charge in [0.1, 0.15) is 16.9 Å². The molecule has 22 heavy (non-hydrogen) atoms. The molecule has 0 unspecified atom stereocenters. The number of anilines is 1. The van der Waals surface area contributed by atoms with Gasteiger partial charge in [-0.05, 0) is 29.8 Å². The molecule has 3 aromatic rings. The smallest absolute Gasteiger partial charge is 0.304 e. The minimum Gasteiger partial charge on any atom is -0.304 e. The van der Waals surface area contributed by atoms with Crippen LogP contribution in [0.3, 0.4) is 0 Å². The number of amides is 2. The zero-order valence-corrected chi connectivity index (χ0v) is 12.0. The number of hydrogen-bond acceptors (Lipinski definition) is 5. The second-order valence-corrected chi connectivity index (χ2v) is 4.84. The van der Waals surface area contributed by atoms with E-state index in [1.165, 1.54) is 18.3 Å². The molecule has 0 fully saturated rings. The number of fused-ring (bicyclic) bond motifs is 1. The van der Waals surface area contributed by atoms with Gasteiger partial charge < -0.3 is 5.32 Å². The molecule has 0 aliphatic rings. The van der Waals surface area contributed by atoms with E-state index in [4.69, 9.17) is 0 Å². The van der Waals surface area contributed by atoms with E-state index in [0.717, 1.165) is 17.2 Å². The summed E-state index contributed by atoms with van der Waals surface area (Å²) in [6.07, 6.45) is 1.42. The molecule has 0 aliphatic heterocycles. The van der Waals surface area contributed by atoms with E-state index in [0.29, 0.717) is 16.8 Å². The minimum absolute atomic E-state index is 0.326. The first-order valence-corrected chi connectivity index (χ1v) is 7.02. The summed E-state index contributed by atoms with van der Waals surface area (Å²) in [6.45, 7) is 0. The van der Waals surface area contributed by atoms with Crippen molar-refractivity contribution in [1.82, 2.24) is 14.2 Å². The summed E-state index contributed by atoms with van der Waals surface area (Å²) in [5.41, 5.74) is 4.91. The van der Waals surface area contributed by atoms with E-state index in [-0.39, 0.29) is 5.82 Å². The zero-order chi connectivity index (χ0) is 15.4. The van der Waals surface area contributed by atoms with Gasteiger partial charge in [0.05, 0.1) is 23.6 Å². The lowest BCUT2D eigenvalue weighted by Crippen LogP contribution is -2.24. The molecule has 2 amide bonds. The van der Waals surface area contributed by atoms with E-state index in [2.05, 4.69) is 24.6 Å². The summed E-state index contributed by atoms with van der Waals surface area (Å²) in [5, 5.41) is 6.44. The summed E-state index contributed by atoms with van der Waals surface area (Å²) >= 11 is 1.08. The highest BCUT2D eigenvalue weighted by molar-refractivity contribution is 7.00. The number of carbonyl (C=O) groups excluding carboxylic acids is 1. The van der Waals surface area contributed by atoms with Crippen molar-refractivity contribution >= 4 is 40.7 Å². The van der Waals surface area contributed by atoms with E-state index in [9.17, 15) is 9.18 Å². The number of hydrogen-bond donors (Lipinski definition) is 2. The minimum atomic E-state index is -0.501. The zero-order valence-electron chi connectivity index (χ0n) is 11.2. The number of nitrogens with one attached hydrogen (secondary N) is 2. The first-order valence-electron chi connectivity index (χ1n) is 6.29. The average Bonchev–Trinajstić information content (AvgIpc) is 2.99. The van der Waals surface area contributed by atoms with Crippen molar-refractivity contribution in [2.45, 2.75) is 0 Å². The van der Waals surface area contributed by atoms with Crippen LogP contribution < -0.4 is 10.7 Å². The largest absolute Gasteiger partial charge is 0.339 e. The number of nitrogens with zero attached hydrogens (tertiary/aromatic N) is 3. The van der Waals surface area contributed by atoms with Gasteiger partial charge in [-0.2, -0.15) is 13.8 Å². The Morgan fingerprint density at radius 1 is 1.18 bits per heavy atom. The quantitative estimate of drug-likeness (QED) is 0.576. The molecule has 0 spiro atoms. The molecule has 0 saturated carbocycles. The topological polar surface area (TPSA) is 79.3 Å². The number of rotatable bonds is 3. The number of hydrazone groups is 1. The molecule has 1 heterocycles. The molecule has 2 aromatic carbocycles. The summed E-state index contributed by atoms with van der Waals surface area (Å²) in [7, 11) is 0. The van der Waals surface area contributed by atoms with Crippen LogP contribution in [0.2, 0.25) is 0 Å². The van der Waals surface area contributed by atoms with Gasteiger partial charge in [0.15, 0.2) is 0 Å². The van der Waals surface area contributed by atoms with Gasteiger partial charge in [-0.3, -0.25) is 0 Å². The lowest BCUT2D eigenvalue weighted by Gasteiger charge is -2.04. The van der Waals surface area contributed by atoms with E-state index >= 15 is 0 Å². The van der Waals surface area contributed by atoms with E-state index < -0.39 is 6.03 Å². The van der Waals surface area contributed by atoms with Gasteiger partial charge in [0, 0.05) is 0 Å². The van der Waals surface area contributed by atoms with E-state index in [1.54, 1.807) is 24.3 Å². The molecular formula is C14H10FN5OS. The predicted molar refractivity (Wildman–Crippen MR) is 83.6 cm³/mol. The van der Waals surface area contributed by atoms with Crippen molar-refractivity contribution in [3.8, 4) is 0 Å². The van der Waals surface area contributed by atoms with Crippen LogP contribution in [0.5, 0.6) is 0 Å². The van der Waals surface area contributed by atoms with Crippen LogP contribution in [-0.4, -0.2) is 21.0 Å². The summed E-state index contributed by atoms with van der Waals surface area (Å²) in [4.78, 5) is 11.8. The van der Waals surface area contributed by atoms with Crippen LogP contribution >= 0.6 is 11.7 Å². The van der Waals surface area contributed by atoms with Crippen LogP contribution in [0.4, 0.5) is 14.9 Å². The SMILES string of the molecule is O=C(NN=Cc1ccc(F)cc1)Nc1cccc2nsnc12. The number of carbonyl (C=O) groups is 1. The lowest BCUT2D eigenvalue weighted by atomic mass is 10.2. The van der Waals surface area contributed by atoms with Gasteiger partial charge in [-0.25, -0.2) is 14.6 Å². The highest BCUT2D eigenvalue weighted by atomic mass is 32.1. The first kappa shape index (κ1) is 14.1. The van der Waals surface area contributed by atoms with Gasteiger partial charge in [-0.15, -0.1) is 0 Å². The monoisotopic (exact) mass is 315 g/mol. The molecule has 6 nitrogen and oxygen atoms in total. The maximum absolute atomic E-state index is 12.7. The van der Waals surface area contributed by atoms with Crippen molar-refractivity contribution in [3.63, 3.8) is 0 Å². The Kier molecular flexibility index (Phi) is 4.01. The van der Waals surface area contributed by atoms with Crippen molar-refractivity contribution in [2.75, 3.05) is 5.32 Å². The summed E-state index contributed by atoms with van der Waals surface area (Å²) in [5.74, 6) is -0.326. The fraction of sp³-hybridized carbons (Fsp3) is 0. The molecular weight excluding hydrogens is 305 g/mol. The van der Waals surface area contributed by atoms with Gasteiger partial charge in [-0.1, -0.05) is 18.2 Å². The molecule has 1 aromatic heterocycles. The lowest BCUT2D eigenvalue weighted by molar-refractivity contribution is 0.252. The van der Waals surface area contributed by atoms with Gasteiger partial charge in [0.2, 0.25) is 0 Å². The first-order chi connectivity index (χ1) is 10.7. The highest BCUT2D eigenvalue weighted by Gasteiger charge is 2.07. The summed E-state index contributed by atoms with van der Waals surface area (Å²) < 4.78 is 21.0. The molecule has 110 valence electrons.